The molecule has 0 bridgehead atoms. The van der Waals surface area contributed by atoms with Gasteiger partial charge in [-0.05, 0) is 133 Å². The number of fused-ring (bicyclic) bond motifs is 7. The Balaban J connectivity index is 1.31. The Morgan fingerprint density at radius 3 is 1.53 bits per heavy atom. The molecule has 0 saturated heterocycles. The van der Waals surface area contributed by atoms with E-state index in [4.69, 9.17) is 0 Å². The van der Waals surface area contributed by atoms with Gasteiger partial charge in [0.05, 0.1) is 5.54 Å². The van der Waals surface area contributed by atoms with Gasteiger partial charge in [-0.3, -0.25) is 0 Å². The Morgan fingerprint density at radius 2 is 0.984 bits per heavy atom. The summed E-state index contributed by atoms with van der Waals surface area (Å²) in [6.07, 6.45) is 4.92. The SMILES string of the molecule is CC(C)(C)c1ccc(C(c2ccc(C(C)(C)C)cc2)c2cc3c4c(c2)N2c5c(cccc5C5(C)CCCCC25C)B4c2cc(C(C)(C)C)ccc2N3c2ccc(C(C)(C)C)cc2)cc1. The highest BCUT2D eigenvalue weighted by molar-refractivity contribution is 7.00. The lowest BCUT2D eigenvalue weighted by molar-refractivity contribution is 0.195. The fourth-order valence-corrected chi connectivity index (χ4v) is 12.3. The molecule has 4 aliphatic rings. The topological polar surface area (TPSA) is 6.48 Å². The maximum absolute atomic E-state index is 2.90. The first kappa shape index (κ1) is 42.9. The van der Waals surface area contributed by atoms with E-state index >= 15 is 0 Å². The number of benzene rings is 6. The van der Waals surface area contributed by atoms with Gasteiger partial charge < -0.3 is 9.80 Å². The van der Waals surface area contributed by atoms with Crippen LogP contribution < -0.4 is 26.2 Å². The van der Waals surface area contributed by atoms with Crippen LogP contribution in [0, 0.1) is 0 Å². The summed E-state index contributed by atoms with van der Waals surface area (Å²) >= 11 is 0. The number of para-hydroxylation sites is 1. The van der Waals surface area contributed by atoms with Crippen molar-refractivity contribution < 1.29 is 0 Å². The molecular weight excluding hydrogens is 771 g/mol. The Hall–Kier alpha value is -5.02. The van der Waals surface area contributed by atoms with Gasteiger partial charge in [0.25, 0.3) is 6.71 Å². The van der Waals surface area contributed by atoms with Crippen LogP contribution in [0.5, 0.6) is 0 Å². The first-order chi connectivity index (χ1) is 30.0. The molecule has 6 aromatic carbocycles. The van der Waals surface area contributed by atoms with Crippen LogP contribution in [0.1, 0.15) is 173 Å². The second kappa shape index (κ2) is 14.2. The minimum Gasteiger partial charge on any atom is -0.335 e. The summed E-state index contributed by atoms with van der Waals surface area (Å²) in [4.78, 5) is 5.54. The Labute approximate surface area is 386 Å². The third-order valence-electron chi connectivity index (χ3n) is 16.4. The van der Waals surface area contributed by atoms with E-state index in [1.807, 2.05) is 0 Å². The zero-order valence-corrected chi connectivity index (χ0v) is 41.4. The van der Waals surface area contributed by atoms with Crippen molar-refractivity contribution >= 4 is 51.5 Å². The van der Waals surface area contributed by atoms with E-state index in [1.165, 1.54) is 109 Å². The summed E-state index contributed by atoms with van der Waals surface area (Å²) in [5.74, 6) is 0.0302. The predicted molar refractivity (Wildman–Crippen MR) is 277 cm³/mol. The molecule has 0 spiro atoms. The minimum absolute atomic E-state index is 0.00865. The average molecular weight is 843 g/mol. The quantitative estimate of drug-likeness (QED) is 0.129. The van der Waals surface area contributed by atoms with Gasteiger partial charge in [0.2, 0.25) is 0 Å². The lowest BCUT2D eigenvalue weighted by Gasteiger charge is -2.53. The second-order valence-electron chi connectivity index (χ2n) is 24.6. The van der Waals surface area contributed by atoms with Crippen molar-refractivity contribution in [1.82, 2.24) is 0 Å². The van der Waals surface area contributed by atoms with Crippen LogP contribution in [-0.2, 0) is 27.1 Å². The summed E-state index contributed by atoms with van der Waals surface area (Å²) < 4.78 is 0. The number of nitrogens with zero attached hydrogens (tertiary/aromatic N) is 2. The molecule has 2 nitrogen and oxygen atoms in total. The number of anilines is 5. The molecule has 1 saturated carbocycles. The van der Waals surface area contributed by atoms with E-state index in [9.17, 15) is 0 Å². The van der Waals surface area contributed by atoms with Gasteiger partial charge in [-0.1, -0.05) is 194 Å². The van der Waals surface area contributed by atoms with Gasteiger partial charge in [-0.15, -0.1) is 0 Å². The highest BCUT2D eigenvalue weighted by Crippen LogP contribution is 2.62. The van der Waals surface area contributed by atoms with Crippen molar-refractivity contribution in [3.05, 3.63) is 166 Å². The lowest BCUT2D eigenvalue weighted by atomic mass is 9.33. The summed E-state index contributed by atoms with van der Waals surface area (Å²) in [5, 5.41) is 0. The summed E-state index contributed by atoms with van der Waals surface area (Å²) in [7, 11) is 0. The van der Waals surface area contributed by atoms with Crippen LogP contribution in [0.15, 0.2) is 121 Å². The summed E-state index contributed by atoms with van der Waals surface area (Å²) in [5.41, 5.74) is 22.2. The van der Waals surface area contributed by atoms with Crippen molar-refractivity contribution in [3.63, 3.8) is 0 Å². The van der Waals surface area contributed by atoms with Gasteiger partial charge in [-0.2, -0.15) is 0 Å². The maximum Gasteiger partial charge on any atom is 0.252 e. The van der Waals surface area contributed by atoms with E-state index in [-0.39, 0.29) is 45.2 Å². The van der Waals surface area contributed by atoms with Crippen molar-refractivity contribution in [2.45, 2.75) is 161 Å². The lowest BCUT2D eigenvalue weighted by Crippen LogP contribution is -2.64. The highest BCUT2D eigenvalue weighted by Gasteiger charge is 2.61. The molecule has 328 valence electrons. The van der Waals surface area contributed by atoms with Gasteiger partial charge in [0.1, 0.15) is 0 Å². The van der Waals surface area contributed by atoms with E-state index in [0.717, 1.165) is 0 Å². The standard InChI is InChI=1S/C61H71BN2/c1-56(2,3)42-24-20-39(21-25-42)53(40-22-26-43(27-23-40)57(4,5)6)41-36-51-54-52(37-41)64-55-47(60(13)34-15-16-35-61(60,64)14)18-17-19-48(55)62(54)49-38-45(59(10,11)12)30-33-50(49)63(51)46-31-28-44(29-32-46)58(7,8)9/h17-33,36-38,53H,15-16,34-35H2,1-14H3. The molecule has 3 heterocycles. The van der Waals surface area contributed by atoms with Crippen molar-refractivity contribution in [3.8, 4) is 0 Å². The smallest absolute Gasteiger partial charge is 0.252 e. The Kier molecular flexibility index (Phi) is 9.55. The van der Waals surface area contributed by atoms with Crippen LogP contribution >= 0.6 is 0 Å². The van der Waals surface area contributed by atoms with Crippen molar-refractivity contribution in [2.75, 3.05) is 9.80 Å². The Morgan fingerprint density at radius 1 is 0.484 bits per heavy atom. The predicted octanol–water partition coefficient (Wildman–Crippen LogP) is 14.4. The molecule has 2 atom stereocenters. The molecule has 0 radical (unpaired) electrons. The van der Waals surface area contributed by atoms with Crippen LogP contribution in [0.4, 0.5) is 28.4 Å². The first-order valence-corrected chi connectivity index (χ1v) is 24.4. The van der Waals surface area contributed by atoms with Gasteiger partial charge in [-0.25, -0.2) is 0 Å². The van der Waals surface area contributed by atoms with E-state index in [0.29, 0.717) is 0 Å². The zero-order valence-electron chi connectivity index (χ0n) is 41.4. The summed E-state index contributed by atoms with van der Waals surface area (Å²) in [6, 6.07) is 48.8. The molecule has 64 heavy (non-hydrogen) atoms. The third kappa shape index (κ3) is 6.48. The van der Waals surface area contributed by atoms with Gasteiger partial charge in [0, 0.05) is 39.8 Å². The minimum atomic E-state index is -0.0635. The third-order valence-corrected chi connectivity index (χ3v) is 16.4. The van der Waals surface area contributed by atoms with E-state index < -0.39 is 0 Å². The molecule has 1 fully saturated rings. The number of rotatable bonds is 4. The molecule has 0 aromatic heterocycles. The molecule has 3 heteroatoms. The summed E-state index contributed by atoms with van der Waals surface area (Å²) in [6.45, 7) is 33.3. The van der Waals surface area contributed by atoms with E-state index in [2.05, 4.69) is 228 Å². The maximum atomic E-state index is 2.90. The van der Waals surface area contributed by atoms with Crippen LogP contribution in [0.3, 0.4) is 0 Å². The van der Waals surface area contributed by atoms with Crippen molar-refractivity contribution in [2.24, 2.45) is 0 Å². The number of hydrogen-bond donors (Lipinski definition) is 0. The van der Waals surface area contributed by atoms with Crippen LogP contribution in [-0.4, -0.2) is 12.3 Å². The average Bonchev–Trinajstić information content (AvgIpc) is 3.45. The highest BCUT2D eigenvalue weighted by atomic mass is 15.3. The van der Waals surface area contributed by atoms with Crippen LogP contribution in [0.2, 0.25) is 0 Å². The Bertz CT molecular complexity index is 2730. The first-order valence-electron chi connectivity index (χ1n) is 24.4. The fourth-order valence-electron chi connectivity index (χ4n) is 12.3. The zero-order chi connectivity index (χ0) is 45.5. The normalized spacial score (nSPS) is 20.3. The molecule has 0 N–H and O–H groups in total. The molecule has 3 aliphatic heterocycles. The second-order valence-corrected chi connectivity index (χ2v) is 24.6. The van der Waals surface area contributed by atoms with Gasteiger partial charge in [0.15, 0.2) is 0 Å². The molecule has 1 aliphatic carbocycles. The fraction of sp³-hybridized carbons (Fsp3) is 0.410. The monoisotopic (exact) mass is 843 g/mol. The van der Waals surface area contributed by atoms with Crippen molar-refractivity contribution in [1.29, 1.82) is 0 Å². The van der Waals surface area contributed by atoms with Crippen LogP contribution in [0.25, 0.3) is 0 Å². The van der Waals surface area contributed by atoms with Gasteiger partial charge >= 0.3 is 0 Å². The molecule has 2 unspecified atom stereocenters. The molecular formula is C61H71BN2. The molecule has 0 amide bonds. The largest absolute Gasteiger partial charge is 0.335 e. The number of hydrogen-bond acceptors (Lipinski definition) is 2. The molecule has 10 rings (SSSR count). The molecule has 6 aromatic rings. The van der Waals surface area contributed by atoms with E-state index in [1.54, 1.807) is 5.56 Å².